The number of cyclic esters (lactones) is 1. The zero-order chi connectivity index (χ0) is 23.5. The number of carbonyl (C=O) groups is 1. The third kappa shape index (κ3) is 3.19. The maximum absolute atomic E-state index is 11.4. The minimum Gasteiger partial charge on any atom is -0.447 e. The molecule has 1 aliphatic heterocycles. The molecule has 0 bridgehead atoms. The highest BCUT2D eigenvalue weighted by atomic mass is 16.6. The molecular weight excluding hydrogens is 266 g/mol. The van der Waals surface area contributed by atoms with Gasteiger partial charge in [0.2, 0.25) is 0 Å². The Labute approximate surface area is 138 Å². The molecule has 1 amide bonds. The van der Waals surface area contributed by atoms with Crippen LogP contribution in [0, 0.1) is 0 Å². The number of aromatic amines is 1. The van der Waals surface area contributed by atoms with Gasteiger partial charge >= 0.3 is 6.09 Å². The molecule has 1 fully saturated rings. The van der Waals surface area contributed by atoms with Gasteiger partial charge in [0.25, 0.3) is 0 Å². The summed E-state index contributed by atoms with van der Waals surface area (Å²) in [7, 11) is 1.09. The van der Waals surface area contributed by atoms with E-state index in [-0.39, 0.29) is 59.4 Å². The van der Waals surface area contributed by atoms with Crippen LogP contribution >= 0.6 is 0 Å². The number of carbonyl (C=O) groups excluding carboxylic acids is 1. The van der Waals surface area contributed by atoms with Gasteiger partial charge in [-0.1, -0.05) is 6.04 Å². The summed E-state index contributed by atoms with van der Waals surface area (Å²) >= 11 is 0. The minimum absolute atomic E-state index is 0.0117. The molecule has 1 aliphatic rings. The van der Waals surface area contributed by atoms with Crippen LogP contribution in [-0.2, 0) is 17.6 Å². The van der Waals surface area contributed by atoms with Crippen LogP contribution in [0.1, 0.15) is 24.8 Å². The summed E-state index contributed by atoms with van der Waals surface area (Å²) in [6.45, 7) is -5.46. The summed E-state index contributed by atoms with van der Waals surface area (Å²) in [5.41, 5.74) is -0.0679. The van der Waals surface area contributed by atoms with Gasteiger partial charge in [0, 0.05) is 30.4 Å². The normalized spacial score (nSPS) is 29.9. The van der Waals surface area contributed by atoms with Crippen molar-refractivity contribution < 1.29 is 23.2 Å². The molecular formula is C16H21N3O2. The summed E-state index contributed by atoms with van der Waals surface area (Å²) in [6.07, 6.45) is -1.97. The zero-order valence-corrected chi connectivity index (χ0v) is 11.4. The number of nitrogens with zero attached hydrogens (tertiary/aromatic N) is 1. The summed E-state index contributed by atoms with van der Waals surface area (Å²) in [5, 5.41) is 2.31. The Morgan fingerprint density at radius 2 is 2.57 bits per heavy atom. The van der Waals surface area contributed by atoms with Crippen molar-refractivity contribution in [3.63, 3.8) is 0 Å². The lowest BCUT2D eigenvalue weighted by Gasteiger charge is -2.09. The number of likely N-dealkylation sites (N-methyl/N-ethyl adjacent to an activating group) is 1. The monoisotopic (exact) mass is 297 g/mol. The predicted molar refractivity (Wildman–Crippen MR) is 82.5 cm³/mol. The maximum Gasteiger partial charge on any atom is 0.407 e. The Balaban J connectivity index is 2.13. The number of ether oxygens (including phenoxy) is 1. The molecule has 5 nitrogen and oxygen atoms in total. The Morgan fingerprint density at radius 1 is 1.67 bits per heavy atom. The van der Waals surface area contributed by atoms with Crippen LogP contribution in [0.5, 0.6) is 0 Å². The Bertz CT molecular complexity index is 1050. The molecule has 0 unspecified atom stereocenters. The summed E-state index contributed by atoms with van der Waals surface area (Å²) in [4.78, 5) is 14.5. The van der Waals surface area contributed by atoms with Gasteiger partial charge in [-0.3, -0.25) is 0 Å². The molecule has 21 heavy (non-hydrogen) atoms. The first-order chi connectivity index (χ1) is 14.1. The Hall–Kier alpha value is -2.01. The number of hydrogen-bond acceptors (Lipinski definition) is 3. The molecule has 2 aromatic rings. The number of alkyl carbamates (subject to hydrolysis) is 1. The summed E-state index contributed by atoms with van der Waals surface area (Å²) < 4.78 is 85.0. The van der Waals surface area contributed by atoms with E-state index in [9.17, 15) is 4.79 Å². The molecule has 0 radical (unpaired) electrons. The number of fused-ring (bicyclic) bond motifs is 1. The molecule has 112 valence electrons. The number of nitrogens with one attached hydrogen (secondary N) is 2. The number of amides is 1. The van der Waals surface area contributed by atoms with E-state index in [0.717, 1.165) is 7.05 Å². The second kappa shape index (κ2) is 5.77. The van der Waals surface area contributed by atoms with Crippen LogP contribution < -0.4 is 5.32 Å². The molecule has 0 saturated carbocycles. The van der Waals surface area contributed by atoms with E-state index in [0.29, 0.717) is 4.90 Å². The number of hydrogen-bond donors (Lipinski definition) is 2. The molecule has 5 heteroatoms. The molecule has 0 aliphatic carbocycles. The molecule has 0 spiro atoms. The Morgan fingerprint density at radius 3 is 3.33 bits per heavy atom. The van der Waals surface area contributed by atoms with E-state index < -0.39 is 32.0 Å². The van der Waals surface area contributed by atoms with Crippen molar-refractivity contribution in [3.05, 3.63) is 35.4 Å². The van der Waals surface area contributed by atoms with Gasteiger partial charge in [-0.25, -0.2) is 4.79 Å². The second-order valence-electron chi connectivity index (χ2n) is 4.71. The number of benzene rings is 1. The van der Waals surface area contributed by atoms with Crippen LogP contribution in [0.4, 0.5) is 4.79 Å². The first kappa shape index (κ1) is 6.40. The average Bonchev–Trinajstić information content (AvgIpc) is 3.15. The van der Waals surface area contributed by atoms with Crippen molar-refractivity contribution >= 4 is 17.0 Å². The van der Waals surface area contributed by atoms with Gasteiger partial charge in [-0.2, -0.15) is 0 Å². The lowest BCUT2D eigenvalue weighted by molar-refractivity contribution is 0.177. The number of rotatable bonds is 5. The van der Waals surface area contributed by atoms with Gasteiger partial charge in [-0.15, -0.1) is 0 Å². The van der Waals surface area contributed by atoms with Crippen molar-refractivity contribution in [2.24, 2.45) is 0 Å². The van der Waals surface area contributed by atoms with Gasteiger partial charge in [0.15, 0.2) is 0 Å². The molecule has 2 N–H and O–H groups in total. The second-order valence-corrected chi connectivity index (χ2v) is 4.71. The number of H-pyrrole nitrogens is 1. The van der Waals surface area contributed by atoms with Crippen LogP contribution in [0.2, 0.25) is 0 Å². The van der Waals surface area contributed by atoms with E-state index >= 15 is 0 Å². The Kier molecular flexibility index (Phi) is 1.76. The largest absolute Gasteiger partial charge is 0.447 e. The molecule has 1 aromatic heterocycles. The van der Waals surface area contributed by atoms with Gasteiger partial charge in [0.1, 0.15) is 6.61 Å². The third-order valence-electron chi connectivity index (χ3n) is 3.04. The van der Waals surface area contributed by atoms with Gasteiger partial charge in [-0.05, 0) is 50.1 Å². The lowest BCUT2D eigenvalue weighted by atomic mass is 10.0. The van der Waals surface area contributed by atoms with Crippen molar-refractivity contribution in [1.29, 1.82) is 0 Å². The van der Waals surface area contributed by atoms with E-state index in [2.05, 4.69) is 10.3 Å². The zero-order valence-electron chi connectivity index (χ0n) is 21.4. The topological polar surface area (TPSA) is 57.4 Å². The number of aromatic nitrogens is 1. The van der Waals surface area contributed by atoms with Crippen molar-refractivity contribution in [2.45, 2.75) is 18.9 Å². The highest BCUT2D eigenvalue weighted by Gasteiger charge is 2.22. The highest BCUT2D eigenvalue weighted by Crippen LogP contribution is 2.21. The van der Waals surface area contributed by atoms with E-state index in [1.807, 2.05) is 0 Å². The molecule has 3 rings (SSSR count). The molecule has 1 aromatic carbocycles. The van der Waals surface area contributed by atoms with Crippen LogP contribution in [0.3, 0.4) is 0 Å². The lowest BCUT2D eigenvalue weighted by Crippen LogP contribution is -2.28. The number of aryl methyl sites for hydroxylation is 1. The first-order valence-corrected chi connectivity index (χ1v) is 6.36. The van der Waals surface area contributed by atoms with E-state index in [1.54, 1.807) is 0 Å². The van der Waals surface area contributed by atoms with Crippen molar-refractivity contribution in [2.75, 3.05) is 27.1 Å². The molecule has 1 saturated heterocycles. The van der Waals surface area contributed by atoms with Crippen LogP contribution in [-0.4, -0.2) is 49.1 Å². The fraction of sp³-hybridized carbons (Fsp3) is 0.438. The third-order valence-corrected chi connectivity index (χ3v) is 3.04. The summed E-state index contributed by atoms with van der Waals surface area (Å²) in [6, 6.07) is -2.64. The van der Waals surface area contributed by atoms with Crippen molar-refractivity contribution in [3.8, 4) is 0 Å². The molecule has 1 atom stereocenters. The van der Waals surface area contributed by atoms with E-state index in [1.165, 1.54) is 0 Å². The predicted octanol–water partition coefficient (Wildman–Crippen LogP) is 1.92. The van der Waals surface area contributed by atoms with Crippen LogP contribution in [0.15, 0.2) is 24.3 Å². The maximum atomic E-state index is 11.4. The molecule has 2 heterocycles. The quantitative estimate of drug-likeness (QED) is 0.886. The van der Waals surface area contributed by atoms with Crippen LogP contribution in [0.25, 0.3) is 10.9 Å². The highest BCUT2D eigenvalue weighted by molar-refractivity contribution is 5.84. The fourth-order valence-corrected chi connectivity index (χ4v) is 2.06. The fourth-order valence-electron chi connectivity index (χ4n) is 2.06. The van der Waals surface area contributed by atoms with Crippen molar-refractivity contribution in [1.82, 2.24) is 15.2 Å². The SMILES string of the molecule is [2H]c1[nH]c2c([2H])c([2H])c(C[C@@]3([2H])COC(=O)N3)c([2H])c2c1CC([2H])([2H])N(C)C([2H])([2H])[2H]. The smallest absolute Gasteiger partial charge is 0.407 e. The average molecular weight is 297 g/mol. The van der Waals surface area contributed by atoms with E-state index in [4.69, 9.17) is 18.4 Å². The first-order valence-electron chi connectivity index (χ1n) is 11.4. The summed E-state index contributed by atoms with van der Waals surface area (Å²) in [5.74, 6) is 0. The standard InChI is InChI=1S/C16H21N3O2/c1-19(2)6-5-12-9-17-15-4-3-11(8-14(12)15)7-13-10-21-16(20)18-13/h3-4,8-9,13,17H,5-7,10H2,1-2H3,(H,18,20)/t13-/m0/s1/i1D3,3D,4D,6D2,8D,9D,13D. The minimum atomic E-state index is -2.74. The van der Waals surface area contributed by atoms with Gasteiger partial charge in [0.05, 0.1) is 12.9 Å². The van der Waals surface area contributed by atoms with Gasteiger partial charge < -0.3 is 19.9 Å².